The molecule has 128 valence electrons. The SMILES string of the molecule is CCOc1cc(-c2ccccc2)nc(SCc2c(F)cccc2Cl)n1. The third kappa shape index (κ3) is 4.50. The highest BCUT2D eigenvalue weighted by Crippen LogP contribution is 2.29. The van der Waals surface area contributed by atoms with Gasteiger partial charge in [0.05, 0.1) is 12.3 Å². The lowest BCUT2D eigenvalue weighted by Crippen LogP contribution is -1.99. The summed E-state index contributed by atoms with van der Waals surface area (Å²) < 4.78 is 19.5. The van der Waals surface area contributed by atoms with Crippen molar-refractivity contribution in [3.63, 3.8) is 0 Å². The van der Waals surface area contributed by atoms with E-state index in [4.69, 9.17) is 16.3 Å². The lowest BCUT2D eigenvalue weighted by atomic mass is 10.1. The molecule has 0 spiro atoms. The lowest BCUT2D eigenvalue weighted by molar-refractivity contribution is 0.323. The van der Waals surface area contributed by atoms with Gasteiger partial charge in [0.15, 0.2) is 5.16 Å². The molecule has 3 nitrogen and oxygen atoms in total. The fourth-order valence-electron chi connectivity index (χ4n) is 2.25. The molecule has 6 heteroatoms. The van der Waals surface area contributed by atoms with Crippen molar-refractivity contribution >= 4 is 23.4 Å². The minimum Gasteiger partial charge on any atom is -0.478 e. The second-order valence-electron chi connectivity index (χ2n) is 5.16. The molecule has 0 aliphatic rings. The highest BCUT2D eigenvalue weighted by Gasteiger charge is 2.11. The molecule has 25 heavy (non-hydrogen) atoms. The molecule has 0 radical (unpaired) electrons. The molecule has 0 unspecified atom stereocenters. The zero-order valence-corrected chi connectivity index (χ0v) is 15.1. The third-order valence-corrected chi connectivity index (χ3v) is 4.68. The largest absolute Gasteiger partial charge is 0.478 e. The second-order valence-corrected chi connectivity index (χ2v) is 6.51. The van der Waals surface area contributed by atoms with Crippen LogP contribution in [0.4, 0.5) is 4.39 Å². The molecule has 0 N–H and O–H groups in total. The summed E-state index contributed by atoms with van der Waals surface area (Å²) in [6.07, 6.45) is 0. The number of halogens is 2. The number of nitrogens with zero attached hydrogens (tertiary/aromatic N) is 2. The summed E-state index contributed by atoms with van der Waals surface area (Å²) >= 11 is 7.41. The number of hydrogen-bond acceptors (Lipinski definition) is 4. The Morgan fingerprint density at radius 2 is 1.88 bits per heavy atom. The van der Waals surface area contributed by atoms with Crippen LogP contribution < -0.4 is 4.74 Å². The highest BCUT2D eigenvalue weighted by molar-refractivity contribution is 7.98. The van der Waals surface area contributed by atoms with Crippen molar-refractivity contribution in [2.75, 3.05) is 6.61 Å². The number of aromatic nitrogens is 2. The van der Waals surface area contributed by atoms with Crippen molar-refractivity contribution in [3.8, 4) is 17.1 Å². The quantitative estimate of drug-likeness (QED) is 0.414. The van der Waals surface area contributed by atoms with Crippen LogP contribution in [-0.4, -0.2) is 16.6 Å². The van der Waals surface area contributed by atoms with E-state index in [1.54, 1.807) is 18.2 Å². The first-order valence-corrected chi connectivity index (χ1v) is 9.16. The van der Waals surface area contributed by atoms with E-state index in [9.17, 15) is 4.39 Å². The van der Waals surface area contributed by atoms with Gasteiger partial charge >= 0.3 is 0 Å². The van der Waals surface area contributed by atoms with E-state index in [0.717, 1.165) is 11.3 Å². The average molecular weight is 375 g/mol. The number of rotatable bonds is 6. The van der Waals surface area contributed by atoms with Crippen LogP contribution >= 0.6 is 23.4 Å². The monoisotopic (exact) mass is 374 g/mol. The summed E-state index contributed by atoms with van der Waals surface area (Å²) in [5, 5.41) is 0.917. The Hall–Kier alpha value is -2.11. The first-order chi connectivity index (χ1) is 12.2. The van der Waals surface area contributed by atoms with Crippen LogP contribution in [0.3, 0.4) is 0 Å². The molecule has 0 aliphatic heterocycles. The molecule has 0 fully saturated rings. The van der Waals surface area contributed by atoms with Crippen molar-refractivity contribution in [1.29, 1.82) is 0 Å². The van der Waals surface area contributed by atoms with Gasteiger partial charge in [-0.1, -0.05) is 59.8 Å². The molecule has 0 atom stereocenters. The Kier molecular flexibility index (Phi) is 5.89. The predicted molar refractivity (Wildman–Crippen MR) is 99.6 cm³/mol. The van der Waals surface area contributed by atoms with Gasteiger partial charge in [-0.15, -0.1) is 0 Å². The molecule has 1 heterocycles. The van der Waals surface area contributed by atoms with E-state index in [1.165, 1.54) is 17.8 Å². The maximum absolute atomic E-state index is 13.9. The minimum absolute atomic E-state index is 0.329. The third-order valence-electron chi connectivity index (χ3n) is 3.45. The first kappa shape index (κ1) is 17.7. The van der Waals surface area contributed by atoms with Crippen LogP contribution in [0, 0.1) is 5.82 Å². The molecule has 2 aromatic carbocycles. The Balaban J connectivity index is 1.89. The summed E-state index contributed by atoms with van der Waals surface area (Å²) in [5.41, 5.74) is 2.18. The van der Waals surface area contributed by atoms with E-state index < -0.39 is 0 Å². The Morgan fingerprint density at radius 3 is 2.60 bits per heavy atom. The zero-order chi connectivity index (χ0) is 17.6. The van der Waals surface area contributed by atoms with Crippen molar-refractivity contribution in [3.05, 3.63) is 71.0 Å². The lowest BCUT2D eigenvalue weighted by Gasteiger charge is -2.09. The van der Waals surface area contributed by atoms with Gasteiger partial charge in [0.2, 0.25) is 5.88 Å². The number of hydrogen-bond donors (Lipinski definition) is 0. The van der Waals surface area contributed by atoms with E-state index >= 15 is 0 Å². The van der Waals surface area contributed by atoms with Gasteiger partial charge in [0.1, 0.15) is 5.82 Å². The Bertz CT molecular complexity index is 841. The summed E-state index contributed by atoms with van der Waals surface area (Å²) in [7, 11) is 0. The van der Waals surface area contributed by atoms with Crippen LogP contribution in [0.15, 0.2) is 59.8 Å². The highest BCUT2D eigenvalue weighted by atomic mass is 35.5. The van der Waals surface area contributed by atoms with Gasteiger partial charge < -0.3 is 4.74 Å². The van der Waals surface area contributed by atoms with Crippen molar-refractivity contribution in [2.45, 2.75) is 17.8 Å². The smallest absolute Gasteiger partial charge is 0.217 e. The minimum atomic E-state index is -0.329. The normalized spacial score (nSPS) is 10.7. The first-order valence-electron chi connectivity index (χ1n) is 7.80. The van der Waals surface area contributed by atoms with Crippen molar-refractivity contribution in [2.24, 2.45) is 0 Å². The standard InChI is InChI=1S/C19H16ClFN2OS/c1-2-24-18-11-17(13-7-4-3-5-8-13)22-19(23-18)25-12-14-15(20)9-6-10-16(14)21/h3-11H,2,12H2,1H3. The van der Waals surface area contributed by atoms with E-state index in [2.05, 4.69) is 9.97 Å². The Morgan fingerprint density at radius 1 is 1.08 bits per heavy atom. The van der Waals surface area contributed by atoms with Crippen LogP contribution in [0.2, 0.25) is 5.02 Å². The van der Waals surface area contributed by atoms with Gasteiger partial charge in [0.25, 0.3) is 0 Å². The van der Waals surface area contributed by atoms with Crippen LogP contribution in [0.1, 0.15) is 12.5 Å². The topological polar surface area (TPSA) is 35.0 Å². The molecular weight excluding hydrogens is 359 g/mol. The maximum atomic E-state index is 13.9. The van der Waals surface area contributed by atoms with Gasteiger partial charge in [-0.05, 0) is 19.1 Å². The maximum Gasteiger partial charge on any atom is 0.217 e. The number of ether oxygens (including phenoxy) is 1. The van der Waals surface area contributed by atoms with E-state index in [-0.39, 0.29) is 5.82 Å². The van der Waals surface area contributed by atoms with Crippen LogP contribution in [0.25, 0.3) is 11.3 Å². The fourth-order valence-corrected chi connectivity index (χ4v) is 3.45. The molecule has 3 aromatic rings. The van der Waals surface area contributed by atoms with Crippen LogP contribution in [0.5, 0.6) is 5.88 Å². The molecule has 0 saturated heterocycles. The second kappa shape index (κ2) is 8.32. The van der Waals surface area contributed by atoms with Gasteiger partial charge in [-0.3, -0.25) is 0 Å². The summed E-state index contributed by atoms with van der Waals surface area (Å²) in [6, 6.07) is 16.3. The van der Waals surface area contributed by atoms with Crippen molar-refractivity contribution < 1.29 is 9.13 Å². The average Bonchev–Trinajstić information content (AvgIpc) is 2.62. The summed E-state index contributed by atoms with van der Waals surface area (Å²) in [5.74, 6) is 0.512. The van der Waals surface area contributed by atoms with E-state index in [0.29, 0.717) is 34.0 Å². The molecule has 1 aromatic heterocycles. The molecule has 0 saturated carbocycles. The predicted octanol–water partition coefficient (Wildman–Crippen LogP) is 5.63. The molecular formula is C19H16ClFN2OS. The molecule has 3 rings (SSSR count). The van der Waals surface area contributed by atoms with Gasteiger partial charge in [-0.2, -0.15) is 4.98 Å². The molecule has 0 aliphatic carbocycles. The summed E-state index contributed by atoms with van der Waals surface area (Å²) in [4.78, 5) is 8.95. The summed E-state index contributed by atoms with van der Waals surface area (Å²) in [6.45, 7) is 2.41. The number of thioether (sulfide) groups is 1. The van der Waals surface area contributed by atoms with Crippen molar-refractivity contribution in [1.82, 2.24) is 9.97 Å². The fraction of sp³-hybridized carbons (Fsp3) is 0.158. The van der Waals surface area contributed by atoms with Crippen LogP contribution in [-0.2, 0) is 5.75 Å². The number of benzene rings is 2. The van der Waals surface area contributed by atoms with Gasteiger partial charge in [0, 0.05) is 28.0 Å². The Labute approximate surface area is 155 Å². The molecule has 0 bridgehead atoms. The molecule has 0 amide bonds. The van der Waals surface area contributed by atoms with E-state index in [1.807, 2.05) is 37.3 Å². The zero-order valence-electron chi connectivity index (χ0n) is 13.6. The van der Waals surface area contributed by atoms with Gasteiger partial charge in [-0.25, -0.2) is 9.37 Å².